The van der Waals surface area contributed by atoms with Crippen LogP contribution in [-0.2, 0) is 6.54 Å². The van der Waals surface area contributed by atoms with E-state index >= 15 is 0 Å². The highest BCUT2D eigenvalue weighted by atomic mass is 32.1. The lowest BCUT2D eigenvalue weighted by Crippen LogP contribution is -2.48. The Kier molecular flexibility index (Phi) is 5.20. The number of benzene rings is 1. The lowest BCUT2D eigenvalue weighted by atomic mass is 10.0. The molecule has 1 aliphatic rings. The van der Waals surface area contributed by atoms with Gasteiger partial charge in [0.15, 0.2) is 0 Å². The van der Waals surface area contributed by atoms with E-state index < -0.39 is 0 Å². The smallest absolute Gasteiger partial charge is 0.264 e. The molecular formula is C21H22N2OS2. The summed E-state index contributed by atoms with van der Waals surface area (Å²) in [6.45, 7) is 6.56. The number of aryl methyl sites for hydroxylation is 1. The summed E-state index contributed by atoms with van der Waals surface area (Å²) in [4.78, 5) is 19.8. The van der Waals surface area contributed by atoms with Crippen molar-refractivity contribution in [1.29, 1.82) is 0 Å². The molecule has 1 aromatic carbocycles. The first-order valence-electron chi connectivity index (χ1n) is 8.89. The zero-order valence-electron chi connectivity index (χ0n) is 14.9. The molecule has 3 nitrogen and oxygen atoms in total. The summed E-state index contributed by atoms with van der Waals surface area (Å²) in [5.74, 6) is 0.173. The Morgan fingerprint density at radius 1 is 0.962 bits per heavy atom. The molecule has 0 unspecified atom stereocenters. The van der Waals surface area contributed by atoms with Crippen LogP contribution >= 0.6 is 22.7 Å². The van der Waals surface area contributed by atoms with E-state index in [0.29, 0.717) is 0 Å². The van der Waals surface area contributed by atoms with E-state index in [1.807, 2.05) is 10.3 Å². The largest absolute Gasteiger partial charge is 0.335 e. The van der Waals surface area contributed by atoms with Crippen LogP contribution in [0.1, 0.15) is 20.1 Å². The first-order chi connectivity index (χ1) is 12.7. The molecule has 3 aromatic rings. The number of carbonyl (C=O) groups excluding carboxylic acids is 1. The van der Waals surface area contributed by atoms with Crippen molar-refractivity contribution in [2.24, 2.45) is 0 Å². The first-order valence-corrected chi connectivity index (χ1v) is 10.7. The molecule has 0 radical (unpaired) electrons. The third kappa shape index (κ3) is 3.75. The van der Waals surface area contributed by atoms with Gasteiger partial charge in [0, 0.05) is 43.2 Å². The normalized spacial score (nSPS) is 15.3. The quantitative estimate of drug-likeness (QED) is 0.650. The van der Waals surface area contributed by atoms with Crippen LogP contribution < -0.4 is 0 Å². The maximum atomic E-state index is 13.1. The predicted octanol–water partition coefficient (Wildman–Crippen LogP) is 4.74. The molecule has 0 atom stereocenters. The van der Waals surface area contributed by atoms with Crippen molar-refractivity contribution < 1.29 is 4.79 Å². The van der Waals surface area contributed by atoms with Crippen molar-refractivity contribution in [2.45, 2.75) is 13.5 Å². The zero-order chi connectivity index (χ0) is 17.9. The minimum Gasteiger partial charge on any atom is -0.335 e. The van der Waals surface area contributed by atoms with Crippen LogP contribution in [-0.4, -0.2) is 41.9 Å². The van der Waals surface area contributed by atoms with Crippen molar-refractivity contribution in [1.82, 2.24) is 9.80 Å². The maximum absolute atomic E-state index is 13.1. The molecule has 4 rings (SSSR count). The second-order valence-corrected chi connectivity index (χ2v) is 8.63. The van der Waals surface area contributed by atoms with Gasteiger partial charge >= 0.3 is 0 Å². The Hall–Kier alpha value is -1.95. The van der Waals surface area contributed by atoms with E-state index in [1.165, 1.54) is 10.4 Å². The van der Waals surface area contributed by atoms with Crippen LogP contribution in [0.2, 0.25) is 0 Å². The monoisotopic (exact) mass is 382 g/mol. The Balaban J connectivity index is 1.43. The minimum atomic E-state index is 0.173. The summed E-state index contributed by atoms with van der Waals surface area (Å²) < 4.78 is 0. The van der Waals surface area contributed by atoms with Gasteiger partial charge in [0.1, 0.15) is 0 Å². The second kappa shape index (κ2) is 7.74. The number of hydrogen-bond donors (Lipinski definition) is 0. The first kappa shape index (κ1) is 17.5. The summed E-state index contributed by atoms with van der Waals surface area (Å²) in [5.41, 5.74) is 3.41. The highest BCUT2D eigenvalue weighted by Crippen LogP contribution is 2.30. The van der Waals surface area contributed by atoms with Crippen molar-refractivity contribution >= 4 is 28.6 Å². The van der Waals surface area contributed by atoms with E-state index in [2.05, 4.69) is 59.7 Å². The fourth-order valence-corrected chi connectivity index (χ4v) is 4.94. The summed E-state index contributed by atoms with van der Waals surface area (Å²) >= 11 is 3.35. The van der Waals surface area contributed by atoms with Crippen molar-refractivity contribution in [3.05, 3.63) is 68.5 Å². The number of amides is 1. The topological polar surface area (TPSA) is 23.6 Å². The van der Waals surface area contributed by atoms with Gasteiger partial charge in [-0.05, 0) is 35.4 Å². The molecule has 26 heavy (non-hydrogen) atoms. The third-order valence-electron chi connectivity index (χ3n) is 4.84. The average molecular weight is 383 g/mol. The number of carbonyl (C=O) groups is 1. The molecule has 1 saturated heterocycles. The number of thiophene rings is 2. The van der Waals surface area contributed by atoms with Gasteiger partial charge in [0.25, 0.3) is 5.91 Å². The molecule has 2 aromatic heterocycles. The fourth-order valence-electron chi connectivity index (χ4n) is 3.31. The fraction of sp³-hybridized carbons (Fsp3) is 0.286. The summed E-state index contributed by atoms with van der Waals surface area (Å²) in [7, 11) is 0. The van der Waals surface area contributed by atoms with Gasteiger partial charge in [-0.3, -0.25) is 9.69 Å². The zero-order valence-corrected chi connectivity index (χ0v) is 16.5. The van der Waals surface area contributed by atoms with Gasteiger partial charge in [-0.2, -0.15) is 0 Å². The van der Waals surface area contributed by atoms with E-state index in [-0.39, 0.29) is 5.91 Å². The van der Waals surface area contributed by atoms with Gasteiger partial charge < -0.3 is 4.90 Å². The average Bonchev–Trinajstić information content (AvgIpc) is 3.34. The molecule has 1 amide bonds. The maximum Gasteiger partial charge on any atom is 0.264 e. The van der Waals surface area contributed by atoms with Crippen LogP contribution in [0, 0.1) is 6.92 Å². The van der Waals surface area contributed by atoms with Crippen LogP contribution in [0.15, 0.2) is 53.2 Å². The second-order valence-electron chi connectivity index (χ2n) is 6.68. The number of hydrogen-bond acceptors (Lipinski definition) is 4. The molecular weight excluding hydrogens is 360 g/mol. The Morgan fingerprint density at radius 3 is 2.42 bits per heavy atom. The van der Waals surface area contributed by atoms with Crippen LogP contribution in [0.3, 0.4) is 0 Å². The van der Waals surface area contributed by atoms with E-state index in [9.17, 15) is 4.79 Å². The molecule has 1 aliphatic heterocycles. The standard InChI is InChI=1S/C21H22N2OS2/c1-16-4-6-17(7-5-16)19-8-14-26-20(19)21(24)23-11-9-22(10-12-23)15-18-3-2-13-25-18/h2-8,13-14H,9-12,15H2,1H3. The molecule has 0 saturated carbocycles. The lowest BCUT2D eigenvalue weighted by molar-refractivity contribution is 0.0635. The molecule has 0 aliphatic carbocycles. The number of rotatable bonds is 4. The third-order valence-corrected chi connectivity index (χ3v) is 6.60. The molecule has 0 spiro atoms. The molecule has 5 heteroatoms. The Labute approximate surface area is 162 Å². The van der Waals surface area contributed by atoms with E-state index in [4.69, 9.17) is 0 Å². The summed E-state index contributed by atoms with van der Waals surface area (Å²) in [6, 6.07) is 14.8. The SMILES string of the molecule is Cc1ccc(-c2ccsc2C(=O)N2CCN(Cc3cccs3)CC2)cc1. The Bertz CT molecular complexity index is 860. The summed E-state index contributed by atoms with van der Waals surface area (Å²) in [6.07, 6.45) is 0. The summed E-state index contributed by atoms with van der Waals surface area (Å²) in [5, 5.41) is 4.15. The van der Waals surface area contributed by atoms with E-state index in [1.54, 1.807) is 22.7 Å². The lowest BCUT2D eigenvalue weighted by Gasteiger charge is -2.34. The highest BCUT2D eigenvalue weighted by Gasteiger charge is 2.25. The van der Waals surface area contributed by atoms with Gasteiger partial charge in [-0.1, -0.05) is 35.9 Å². The molecule has 1 fully saturated rings. The van der Waals surface area contributed by atoms with Gasteiger partial charge in [-0.15, -0.1) is 22.7 Å². The molecule has 0 bridgehead atoms. The van der Waals surface area contributed by atoms with Crippen LogP contribution in [0.4, 0.5) is 0 Å². The molecule has 134 valence electrons. The van der Waals surface area contributed by atoms with Gasteiger partial charge in [-0.25, -0.2) is 0 Å². The van der Waals surface area contributed by atoms with Crippen molar-refractivity contribution in [3.63, 3.8) is 0 Å². The van der Waals surface area contributed by atoms with E-state index in [0.717, 1.165) is 48.7 Å². The Morgan fingerprint density at radius 2 is 1.73 bits per heavy atom. The van der Waals surface area contributed by atoms with Gasteiger partial charge in [0.05, 0.1) is 4.88 Å². The van der Waals surface area contributed by atoms with Crippen molar-refractivity contribution in [3.8, 4) is 11.1 Å². The molecule has 3 heterocycles. The highest BCUT2D eigenvalue weighted by molar-refractivity contribution is 7.12. The minimum absolute atomic E-state index is 0.173. The van der Waals surface area contributed by atoms with Crippen LogP contribution in [0.25, 0.3) is 11.1 Å². The molecule has 0 N–H and O–H groups in total. The van der Waals surface area contributed by atoms with Crippen molar-refractivity contribution in [2.75, 3.05) is 26.2 Å². The van der Waals surface area contributed by atoms with Gasteiger partial charge in [0.2, 0.25) is 0 Å². The number of nitrogens with zero attached hydrogens (tertiary/aromatic N) is 2. The van der Waals surface area contributed by atoms with Crippen LogP contribution in [0.5, 0.6) is 0 Å². The predicted molar refractivity (Wildman–Crippen MR) is 110 cm³/mol. The number of piperazine rings is 1.